The zero-order valence-corrected chi connectivity index (χ0v) is 11.5. The Bertz CT molecular complexity index is 416. The van der Waals surface area contributed by atoms with E-state index in [4.69, 9.17) is 0 Å². The Morgan fingerprint density at radius 1 is 1.15 bits per heavy atom. The van der Waals surface area contributed by atoms with Crippen LogP contribution in [0.25, 0.3) is 0 Å². The molecule has 0 heterocycles. The smallest absolute Gasteiger partial charge is 0.406 e. The van der Waals surface area contributed by atoms with Gasteiger partial charge in [-0.1, -0.05) is 19.1 Å². The number of benzene rings is 1. The van der Waals surface area contributed by atoms with Crippen molar-refractivity contribution in [2.75, 3.05) is 13.1 Å². The van der Waals surface area contributed by atoms with Crippen molar-refractivity contribution in [1.82, 2.24) is 5.32 Å². The summed E-state index contributed by atoms with van der Waals surface area (Å²) in [5.74, 6) is 1.18. The van der Waals surface area contributed by atoms with Gasteiger partial charge in [-0.3, -0.25) is 0 Å². The first-order valence-corrected chi connectivity index (χ1v) is 7.03. The third-order valence-electron chi connectivity index (χ3n) is 3.89. The zero-order valence-electron chi connectivity index (χ0n) is 11.5. The Kier molecular flexibility index (Phi) is 4.91. The topological polar surface area (TPSA) is 21.3 Å². The van der Waals surface area contributed by atoms with Crippen LogP contribution < -0.4 is 10.1 Å². The largest absolute Gasteiger partial charge is 0.573 e. The summed E-state index contributed by atoms with van der Waals surface area (Å²) in [4.78, 5) is 0. The van der Waals surface area contributed by atoms with Crippen LogP contribution in [-0.2, 0) is 6.42 Å². The fourth-order valence-corrected chi connectivity index (χ4v) is 2.64. The van der Waals surface area contributed by atoms with Gasteiger partial charge in [0.15, 0.2) is 0 Å². The first-order valence-electron chi connectivity index (χ1n) is 7.03. The Morgan fingerprint density at radius 3 is 2.30 bits per heavy atom. The molecule has 2 atom stereocenters. The van der Waals surface area contributed by atoms with Crippen molar-refractivity contribution < 1.29 is 17.9 Å². The summed E-state index contributed by atoms with van der Waals surface area (Å²) in [6.45, 7) is 4.11. The number of halogens is 3. The number of alkyl halides is 3. The summed E-state index contributed by atoms with van der Waals surface area (Å²) in [7, 11) is 0. The molecule has 1 aliphatic carbocycles. The van der Waals surface area contributed by atoms with Crippen LogP contribution in [0.1, 0.15) is 25.3 Å². The lowest BCUT2D eigenvalue weighted by Gasteiger charge is -2.37. The minimum atomic E-state index is -4.62. The third-order valence-corrected chi connectivity index (χ3v) is 3.89. The van der Waals surface area contributed by atoms with Crippen molar-refractivity contribution in [3.05, 3.63) is 29.8 Å². The Labute approximate surface area is 117 Å². The lowest BCUT2D eigenvalue weighted by atomic mass is 9.70. The van der Waals surface area contributed by atoms with E-state index in [1.807, 2.05) is 0 Å². The van der Waals surface area contributed by atoms with Crippen LogP contribution >= 0.6 is 0 Å². The minimum Gasteiger partial charge on any atom is -0.406 e. The quantitative estimate of drug-likeness (QED) is 0.860. The number of hydrogen-bond acceptors (Lipinski definition) is 2. The molecule has 1 saturated carbocycles. The van der Waals surface area contributed by atoms with Gasteiger partial charge >= 0.3 is 6.36 Å². The van der Waals surface area contributed by atoms with Crippen LogP contribution in [0, 0.1) is 11.8 Å². The molecule has 0 amide bonds. The summed E-state index contributed by atoms with van der Waals surface area (Å²) in [6.07, 6.45) is -1.24. The standard InChI is InChI=1S/C15H20F3NO/c1-2-19-10-13-6-5-12(13)9-11-3-7-14(8-4-11)20-15(16,17)18/h3-4,7-8,12-13,19H,2,5-6,9-10H2,1H3. The molecule has 2 rings (SSSR count). The lowest BCUT2D eigenvalue weighted by molar-refractivity contribution is -0.274. The SMILES string of the molecule is CCNCC1CCC1Cc1ccc(OC(F)(F)F)cc1. The first-order chi connectivity index (χ1) is 9.48. The van der Waals surface area contributed by atoms with Crippen LogP contribution in [0.3, 0.4) is 0 Å². The molecule has 20 heavy (non-hydrogen) atoms. The highest BCUT2D eigenvalue weighted by Gasteiger charge is 2.32. The summed E-state index contributed by atoms with van der Waals surface area (Å²) in [5, 5.41) is 3.36. The summed E-state index contributed by atoms with van der Waals surface area (Å²) in [6, 6.07) is 6.23. The van der Waals surface area contributed by atoms with Crippen molar-refractivity contribution in [2.45, 2.75) is 32.5 Å². The summed E-state index contributed by atoms with van der Waals surface area (Å²) < 4.78 is 40.0. The van der Waals surface area contributed by atoms with Crippen LogP contribution in [0.5, 0.6) is 5.75 Å². The van der Waals surface area contributed by atoms with Crippen molar-refractivity contribution in [2.24, 2.45) is 11.8 Å². The van der Waals surface area contributed by atoms with E-state index in [1.54, 1.807) is 12.1 Å². The summed E-state index contributed by atoms with van der Waals surface area (Å²) >= 11 is 0. The molecule has 1 N–H and O–H groups in total. The van der Waals surface area contributed by atoms with Crippen LogP contribution in [0.2, 0.25) is 0 Å². The van der Waals surface area contributed by atoms with Crippen molar-refractivity contribution in [3.63, 3.8) is 0 Å². The Hall–Kier alpha value is -1.23. The van der Waals surface area contributed by atoms with Gasteiger partial charge in [0.25, 0.3) is 0 Å². The van der Waals surface area contributed by atoms with E-state index >= 15 is 0 Å². The molecule has 2 unspecified atom stereocenters. The van der Waals surface area contributed by atoms with Gasteiger partial charge in [0.05, 0.1) is 0 Å². The lowest BCUT2D eigenvalue weighted by Crippen LogP contribution is -2.36. The third kappa shape index (κ3) is 4.40. The van der Waals surface area contributed by atoms with E-state index in [9.17, 15) is 13.2 Å². The molecule has 1 aliphatic rings. The molecule has 0 aliphatic heterocycles. The zero-order chi connectivity index (χ0) is 14.6. The van der Waals surface area contributed by atoms with Crippen molar-refractivity contribution in [1.29, 1.82) is 0 Å². The molecule has 0 spiro atoms. The maximum Gasteiger partial charge on any atom is 0.573 e. The van der Waals surface area contributed by atoms with E-state index in [1.165, 1.54) is 25.0 Å². The molecule has 1 fully saturated rings. The molecule has 112 valence electrons. The fraction of sp³-hybridized carbons (Fsp3) is 0.600. The predicted molar refractivity (Wildman–Crippen MR) is 71.6 cm³/mol. The Morgan fingerprint density at radius 2 is 1.80 bits per heavy atom. The maximum atomic E-state index is 12.1. The average molecular weight is 287 g/mol. The molecule has 2 nitrogen and oxygen atoms in total. The van der Waals surface area contributed by atoms with Gasteiger partial charge < -0.3 is 10.1 Å². The van der Waals surface area contributed by atoms with Crippen LogP contribution in [-0.4, -0.2) is 19.5 Å². The van der Waals surface area contributed by atoms with Crippen LogP contribution in [0.4, 0.5) is 13.2 Å². The normalized spacial score (nSPS) is 22.4. The first kappa shape index (κ1) is 15.2. The second-order valence-electron chi connectivity index (χ2n) is 5.30. The molecular formula is C15H20F3NO. The van der Waals surface area contributed by atoms with Gasteiger partial charge in [0, 0.05) is 0 Å². The van der Waals surface area contributed by atoms with E-state index in [2.05, 4.69) is 17.0 Å². The second kappa shape index (κ2) is 6.48. The molecule has 0 aromatic heterocycles. The van der Waals surface area contributed by atoms with E-state index in [-0.39, 0.29) is 5.75 Å². The molecule has 1 aromatic carbocycles. The molecule has 0 radical (unpaired) electrons. The van der Waals surface area contributed by atoms with Gasteiger partial charge in [0.1, 0.15) is 5.75 Å². The Balaban J connectivity index is 1.85. The van der Waals surface area contributed by atoms with Gasteiger partial charge in [-0.05, 0) is 61.9 Å². The predicted octanol–water partition coefficient (Wildman–Crippen LogP) is 3.76. The highest BCUT2D eigenvalue weighted by atomic mass is 19.4. The minimum absolute atomic E-state index is 0.154. The molecule has 0 saturated heterocycles. The second-order valence-corrected chi connectivity index (χ2v) is 5.30. The molecular weight excluding hydrogens is 267 g/mol. The summed E-state index contributed by atoms with van der Waals surface area (Å²) in [5.41, 5.74) is 1.07. The maximum absolute atomic E-state index is 12.1. The average Bonchev–Trinajstić information content (AvgIpc) is 2.35. The fourth-order valence-electron chi connectivity index (χ4n) is 2.64. The highest BCUT2D eigenvalue weighted by molar-refractivity contribution is 5.28. The van der Waals surface area contributed by atoms with Gasteiger partial charge in [0.2, 0.25) is 0 Å². The van der Waals surface area contributed by atoms with Gasteiger partial charge in [-0.25, -0.2) is 0 Å². The van der Waals surface area contributed by atoms with Crippen LogP contribution in [0.15, 0.2) is 24.3 Å². The number of ether oxygens (including phenoxy) is 1. The van der Waals surface area contributed by atoms with Crippen molar-refractivity contribution >= 4 is 0 Å². The monoisotopic (exact) mass is 287 g/mol. The highest BCUT2D eigenvalue weighted by Crippen LogP contribution is 2.36. The van der Waals surface area contributed by atoms with Gasteiger partial charge in [-0.2, -0.15) is 0 Å². The number of hydrogen-bond donors (Lipinski definition) is 1. The van der Waals surface area contributed by atoms with Gasteiger partial charge in [-0.15, -0.1) is 13.2 Å². The molecule has 0 bridgehead atoms. The molecule has 5 heteroatoms. The number of nitrogens with one attached hydrogen (secondary N) is 1. The number of rotatable bonds is 6. The van der Waals surface area contributed by atoms with E-state index < -0.39 is 6.36 Å². The van der Waals surface area contributed by atoms with E-state index in [0.29, 0.717) is 11.8 Å². The van der Waals surface area contributed by atoms with E-state index in [0.717, 1.165) is 25.1 Å². The van der Waals surface area contributed by atoms with Crippen molar-refractivity contribution in [3.8, 4) is 5.75 Å². The molecule has 1 aromatic rings.